The molecule has 3 N–H and O–H groups in total. The highest BCUT2D eigenvalue weighted by Gasteiger charge is 2.28. The third-order valence-electron chi connectivity index (χ3n) is 3.19. The number of nitrogens with zero attached hydrogens (tertiary/aromatic N) is 1. The Kier molecular flexibility index (Phi) is 6.67. The predicted octanol–water partition coefficient (Wildman–Crippen LogP) is 2.71. The number of furan rings is 1. The van der Waals surface area contributed by atoms with Crippen LogP contribution in [0.15, 0.2) is 29.0 Å². The summed E-state index contributed by atoms with van der Waals surface area (Å²) in [7, 11) is 0. The molecule has 3 rings (SSSR count). The van der Waals surface area contributed by atoms with Crippen LogP contribution >= 0.6 is 36.2 Å². The van der Waals surface area contributed by atoms with Crippen molar-refractivity contribution in [2.45, 2.75) is 18.9 Å². The molecule has 5 nitrogen and oxygen atoms in total. The Balaban J connectivity index is 0.00000110. The summed E-state index contributed by atoms with van der Waals surface area (Å²) in [5, 5.41) is 3.56. The molecule has 0 radical (unpaired) electrons. The van der Waals surface area contributed by atoms with Crippen molar-refractivity contribution >= 4 is 42.1 Å². The van der Waals surface area contributed by atoms with Crippen molar-refractivity contribution in [3.63, 3.8) is 0 Å². The summed E-state index contributed by atoms with van der Waals surface area (Å²) in [6, 6.07) is 3.69. The number of thiazole rings is 1. The van der Waals surface area contributed by atoms with Crippen molar-refractivity contribution in [3.8, 4) is 10.8 Å². The Morgan fingerprint density at radius 1 is 1.52 bits per heavy atom. The van der Waals surface area contributed by atoms with E-state index in [1.165, 1.54) is 24.2 Å². The Morgan fingerprint density at radius 2 is 2.29 bits per heavy atom. The molecule has 0 aromatic carbocycles. The number of hydrogen-bond acceptors (Lipinski definition) is 5. The summed E-state index contributed by atoms with van der Waals surface area (Å²) in [5.41, 5.74) is 5.95. The van der Waals surface area contributed by atoms with E-state index in [0.29, 0.717) is 28.1 Å². The highest BCUT2D eigenvalue weighted by Crippen LogP contribution is 2.31. The largest absolute Gasteiger partial charge is 0.462 e. The zero-order chi connectivity index (χ0) is 13.2. The lowest BCUT2D eigenvalue weighted by Gasteiger charge is -2.10. The molecule has 1 unspecified atom stereocenters. The first-order chi connectivity index (χ1) is 9.24. The molecule has 21 heavy (non-hydrogen) atoms. The maximum Gasteiger partial charge on any atom is 0.263 e. The van der Waals surface area contributed by atoms with Gasteiger partial charge < -0.3 is 15.5 Å². The number of aromatic nitrogens is 1. The maximum atomic E-state index is 11.9. The first-order valence-corrected chi connectivity index (χ1v) is 7.09. The number of halogens is 2. The van der Waals surface area contributed by atoms with Gasteiger partial charge >= 0.3 is 0 Å². The Bertz CT molecular complexity index is 570. The van der Waals surface area contributed by atoms with Gasteiger partial charge in [-0.15, -0.1) is 36.2 Å². The fourth-order valence-corrected chi connectivity index (χ4v) is 2.68. The lowest BCUT2D eigenvalue weighted by Crippen LogP contribution is -2.38. The van der Waals surface area contributed by atoms with Crippen molar-refractivity contribution in [2.24, 2.45) is 11.7 Å². The van der Waals surface area contributed by atoms with Gasteiger partial charge in [-0.25, -0.2) is 4.98 Å². The van der Waals surface area contributed by atoms with Crippen molar-refractivity contribution in [1.82, 2.24) is 10.3 Å². The van der Waals surface area contributed by atoms with Gasteiger partial charge in [0, 0.05) is 12.6 Å². The fraction of sp³-hybridized carbons (Fsp3) is 0.385. The van der Waals surface area contributed by atoms with Crippen LogP contribution < -0.4 is 11.1 Å². The third kappa shape index (κ3) is 4.44. The van der Waals surface area contributed by atoms with E-state index in [-0.39, 0.29) is 36.8 Å². The SMILES string of the molecule is Cl.Cl.NC(CNC(=O)c1cnc(-c2ccco2)s1)C1CC1. The smallest absolute Gasteiger partial charge is 0.263 e. The summed E-state index contributed by atoms with van der Waals surface area (Å²) < 4.78 is 5.25. The normalized spacial score (nSPS) is 14.7. The van der Waals surface area contributed by atoms with Gasteiger partial charge in [0.25, 0.3) is 5.91 Å². The number of nitrogens with one attached hydrogen (secondary N) is 1. The minimum Gasteiger partial charge on any atom is -0.462 e. The van der Waals surface area contributed by atoms with Crippen LogP contribution in [0.3, 0.4) is 0 Å². The molecule has 1 saturated carbocycles. The van der Waals surface area contributed by atoms with E-state index in [9.17, 15) is 4.79 Å². The molecule has 0 bridgehead atoms. The molecule has 8 heteroatoms. The molecule has 1 aliphatic carbocycles. The molecule has 0 saturated heterocycles. The summed E-state index contributed by atoms with van der Waals surface area (Å²) in [4.78, 5) is 16.7. The molecule has 0 aliphatic heterocycles. The zero-order valence-corrected chi connectivity index (χ0v) is 13.6. The molecular formula is C13H17Cl2N3O2S. The van der Waals surface area contributed by atoms with Crippen LogP contribution in [0.25, 0.3) is 10.8 Å². The van der Waals surface area contributed by atoms with Gasteiger partial charge in [0.1, 0.15) is 4.88 Å². The topological polar surface area (TPSA) is 81.1 Å². The third-order valence-corrected chi connectivity index (χ3v) is 4.20. The maximum absolute atomic E-state index is 11.9. The molecule has 1 aliphatic rings. The summed E-state index contributed by atoms with van der Waals surface area (Å²) in [6.45, 7) is 0.525. The van der Waals surface area contributed by atoms with Crippen molar-refractivity contribution in [1.29, 1.82) is 0 Å². The number of amides is 1. The van der Waals surface area contributed by atoms with Crippen LogP contribution in [0, 0.1) is 5.92 Å². The van der Waals surface area contributed by atoms with E-state index < -0.39 is 0 Å². The standard InChI is InChI=1S/C13H15N3O2S.2ClH/c14-9(8-3-4-8)6-15-12(17)11-7-16-13(19-11)10-2-1-5-18-10;;/h1-2,5,7-9H,3-4,6,14H2,(H,15,17);2*1H. The molecule has 2 aromatic rings. The van der Waals surface area contributed by atoms with E-state index in [1.807, 2.05) is 6.07 Å². The highest BCUT2D eigenvalue weighted by atomic mass is 35.5. The molecule has 1 fully saturated rings. The van der Waals surface area contributed by atoms with Gasteiger partial charge in [0.05, 0.1) is 12.5 Å². The van der Waals surface area contributed by atoms with Gasteiger partial charge in [-0.1, -0.05) is 0 Å². The monoisotopic (exact) mass is 349 g/mol. The quantitative estimate of drug-likeness (QED) is 0.869. The molecular weight excluding hydrogens is 333 g/mol. The first-order valence-electron chi connectivity index (χ1n) is 6.27. The van der Waals surface area contributed by atoms with Crippen LogP contribution in [-0.2, 0) is 0 Å². The second-order valence-electron chi connectivity index (χ2n) is 4.72. The van der Waals surface area contributed by atoms with Crippen molar-refractivity contribution in [3.05, 3.63) is 29.5 Å². The lowest BCUT2D eigenvalue weighted by atomic mass is 10.2. The second-order valence-corrected chi connectivity index (χ2v) is 5.75. The van der Waals surface area contributed by atoms with E-state index in [1.54, 1.807) is 18.5 Å². The van der Waals surface area contributed by atoms with Gasteiger partial charge in [-0.2, -0.15) is 0 Å². The minimum atomic E-state index is -0.119. The molecule has 1 atom stereocenters. The summed E-state index contributed by atoms with van der Waals surface area (Å²) in [6.07, 6.45) is 5.52. The van der Waals surface area contributed by atoms with Crippen molar-refractivity contribution < 1.29 is 9.21 Å². The van der Waals surface area contributed by atoms with Gasteiger partial charge in [-0.3, -0.25) is 4.79 Å². The molecule has 116 valence electrons. The van der Waals surface area contributed by atoms with Crippen LogP contribution in [0.1, 0.15) is 22.5 Å². The second kappa shape index (κ2) is 7.79. The average molecular weight is 350 g/mol. The summed E-state index contributed by atoms with van der Waals surface area (Å²) in [5.74, 6) is 1.14. The first kappa shape index (κ1) is 18.0. The number of rotatable bonds is 5. The van der Waals surface area contributed by atoms with Crippen LogP contribution in [-0.4, -0.2) is 23.5 Å². The molecule has 1 amide bonds. The Hall–Kier alpha value is -1.08. The van der Waals surface area contributed by atoms with Gasteiger partial charge in [0.2, 0.25) is 0 Å². The fourth-order valence-electron chi connectivity index (χ4n) is 1.88. The Labute approximate surface area is 139 Å². The van der Waals surface area contributed by atoms with Gasteiger partial charge in [-0.05, 0) is 30.9 Å². The van der Waals surface area contributed by atoms with E-state index in [0.717, 1.165) is 0 Å². The van der Waals surface area contributed by atoms with Crippen LogP contribution in [0.2, 0.25) is 0 Å². The number of carbonyl (C=O) groups excluding carboxylic acids is 1. The van der Waals surface area contributed by atoms with Crippen LogP contribution in [0.5, 0.6) is 0 Å². The van der Waals surface area contributed by atoms with E-state index in [4.69, 9.17) is 10.2 Å². The number of carbonyl (C=O) groups is 1. The minimum absolute atomic E-state index is 0. The molecule has 2 heterocycles. The lowest BCUT2D eigenvalue weighted by molar-refractivity contribution is 0.0954. The molecule has 2 aromatic heterocycles. The Morgan fingerprint density at radius 3 is 2.90 bits per heavy atom. The zero-order valence-electron chi connectivity index (χ0n) is 11.2. The van der Waals surface area contributed by atoms with E-state index in [2.05, 4.69) is 10.3 Å². The van der Waals surface area contributed by atoms with Crippen LogP contribution in [0.4, 0.5) is 0 Å². The number of nitrogens with two attached hydrogens (primary N) is 1. The highest BCUT2D eigenvalue weighted by molar-refractivity contribution is 7.16. The van der Waals surface area contributed by atoms with Gasteiger partial charge in [0.15, 0.2) is 10.8 Å². The predicted molar refractivity (Wildman–Crippen MR) is 87.3 cm³/mol. The summed E-state index contributed by atoms with van der Waals surface area (Å²) >= 11 is 1.32. The molecule has 0 spiro atoms. The van der Waals surface area contributed by atoms with Crippen molar-refractivity contribution in [2.75, 3.05) is 6.54 Å². The number of hydrogen-bond donors (Lipinski definition) is 2. The average Bonchev–Trinajstić information content (AvgIpc) is 2.94. The van der Waals surface area contributed by atoms with E-state index >= 15 is 0 Å².